The van der Waals surface area contributed by atoms with Gasteiger partial charge in [0.2, 0.25) is 0 Å². The van der Waals surface area contributed by atoms with Crippen LogP contribution < -0.4 is 5.73 Å². The second-order valence-corrected chi connectivity index (χ2v) is 2.50. The van der Waals surface area contributed by atoms with Gasteiger partial charge in [0.1, 0.15) is 0 Å². The molecular weight excluding hydrogens is 142 g/mol. The molecule has 0 saturated heterocycles. The van der Waals surface area contributed by atoms with E-state index in [0.717, 1.165) is 12.2 Å². The van der Waals surface area contributed by atoms with E-state index in [4.69, 9.17) is 5.73 Å². The molecule has 0 fully saturated rings. The van der Waals surface area contributed by atoms with E-state index >= 15 is 0 Å². The van der Waals surface area contributed by atoms with Crippen molar-refractivity contribution in [3.8, 4) is 0 Å². The van der Waals surface area contributed by atoms with Crippen molar-refractivity contribution in [1.82, 2.24) is 20.2 Å². The molecule has 0 aliphatic carbocycles. The van der Waals surface area contributed by atoms with E-state index in [2.05, 4.69) is 29.4 Å². The molecule has 2 N–H and O–H groups in total. The van der Waals surface area contributed by atoms with Gasteiger partial charge in [-0.1, -0.05) is 6.92 Å². The third-order valence-corrected chi connectivity index (χ3v) is 1.75. The van der Waals surface area contributed by atoms with Gasteiger partial charge in [-0.3, -0.25) is 0 Å². The molecule has 1 aromatic heterocycles. The first-order chi connectivity index (χ1) is 5.29. The molecule has 1 atom stereocenters. The Morgan fingerprint density at radius 1 is 1.64 bits per heavy atom. The molecule has 11 heavy (non-hydrogen) atoms. The molecule has 1 heterocycles. The van der Waals surface area contributed by atoms with Crippen LogP contribution in [0.2, 0.25) is 0 Å². The Morgan fingerprint density at radius 2 is 2.36 bits per heavy atom. The van der Waals surface area contributed by atoms with Crippen LogP contribution in [0.5, 0.6) is 0 Å². The number of nitrogens with two attached hydrogens (primary N) is 1. The summed E-state index contributed by atoms with van der Waals surface area (Å²) in [5.74, 6) is 0.749. The first-order valence-electron chi connectivity index (χ1n) is 3.76. The van der Waals surface area contributed by atoms with Crippen molar-refractivity contribution in [1.29, 1.82) is 0 Å². The zero-order valence-electron chi connectivity index (χ0n) is 6.86. The van der Waals surface area contributed by atoms with Crippen molar-refractivity contribution < 1.29 is 0 Å². The number of hydrogen-bond donors (Lipinski definition) is 1. The van der Waals surface area contributed by atoms with Crippen LogP contribution in [0.3, 0.4) is 0 Å². The smallest absolute Gasteiger partial charge is 0.165 e. The molecule has 62 valence electrons. The number of hydrogen-bond acceptors (Lipinski definition) is 4. The molecule has 1 aromatic rings. The lowest BCUT2D eigenvalue weighted by molar-refractivity contribution is 0.448. The summed E-state index contributed by atoms with van der Waals surface area (Å²) in [5.41, 5.74) is 5.42. The van der Waals surface area contributed by atoms with Gasteiger partial charge in [0.15, 0.2) is 5.82 Å². The molecule has 0 aliphatic rings. The van der Waals surface area contributed by atoms with Gasteiger partial charge in [-0.25, -0.2) is 4.68 Å². The fourth-order valence-electron chi connectivity index (χ4n) is 0.862. The van der Waals surface area contributed by atoms with Crippen LogP contribution in [-0.4, -0.2) is 20.2 Å². The van der Waals surface area contributed by atoms with Gasteiger partial charge in [0, 0.05) is 0 Å². The summed E-state index contributed by atoms with van der Waals surface area (Å²) in [5, 5.41) is 11.2. The minimum absolute atomic E-state index is 0.337. The highest BCUT2D eigenvalue weighted by molar-refractivity contribution is 4.80. The van der Waals surface area contributed by atoms with Crippen LogP contribution in [0.15, 0.2) is 0 Å². The average molecular weight is 155 g/mol. The van der Waals surface area contributed by atoms with Crippen LogP contribution >= 0.6 is 0 Å². The van der Waals surface area contributed by atoms with Crippen LogP contribution in [0.25, 0.3) is 0 Å². The Balaban J connectivity index is 2.83. The Kier molecular flexibility index (Phi) is 2.53. The van der Waals surface area contributed by atoms with Gasteiger partial charge in [0.05, 0.1) is 12.6 Å². The number of tetrazole rings is 1. The highest BCUT2D eigenvalue weighted by Gasteiger charge is 2.08. The summed E-state index contributed by atoms with van der Waals surface area (Å²) in [6, 6.07) is 0.337. The lowest BCUT2D eigenvalue weighted by Crippen LogP contribution is -2.13. The summed E-state index contributed by atoms with van der Waals surface area (Å²) < 4.78 is 1.76. The van der Waals surface area contributed by atoms with Crippen molar-refractivity contribution >= 4 is 0 Å². The molecule has 0 radical (unpaired) electrons. The fraction of sp³-hybridized carbons (Fsp3) is 0.833. The molecule has 0 spiro atoms. The molecule has 1 unspecified atom stereocenters. The van der Waals surface area contributed by atoms with Crippen LogP contribution in [0.1, 0.15) is 32.1 Å². The molecule has 1 rings (SSSR count). The summed E-state index contributed by atoms with van der Waals surface area (Å²) >= 11 is 0. The summed E-state index contributed by atoms with van der Waals surface area (Å²) in [6.45, 7) is 4.56. The highest BCUT2D eigenvalue weighted by Crippen LogP contribution is 2.08. The lowest BCUT2D eigenvalue weighted by Gasteiger charge is -2.08. The monoisotopic (exact) mass is 155 g/mol. The van der Waals surface area contributed by atoms with E-state index < -0.39 is 0 Å². The normalized spacial score (nSPS) is 13.4. The van der Waals surface area contributed by atoms with Crippen LogP contribution in [-0.2, 0) is 6.54 Å². The zero-order valence-corrected chi connectivity index (χ0v) is 6.86. The van der Waals surface area contributed by atoms with E-state index in [1.54, 1.807) is 4.68 Å². The van der Waals surface area contributed by atoms with Crippen molar-refractivity contribution in [2.45, 2.75) is 32.9 Å². The maximum absolute atomic E-state index is 5.42. The maximum Gasteiger partial charge on any atom is 0.165 e. The minimum Gasteiger partial charge on any atom is -0.324 e. The predicted octanol–water partition coefficient (Wildman–Crippen LogP) is 0.103. The molecule has 0 bridgehead atoms. The molecule has 0 amide bonds. The van der Waals surface area contributed by atoms with E-state index in [-0.39, 0.29) is 0 Å². The van der Waals surface area contributed by atoms with Crippen molar-refractivity contribution in [3.05, 3.63) is 5.82 Å². The fourth-order valence-corrected chi connectivity index (χ4v) is 0.862. The zero-order chi connectivity index (χ0) is 8.27. The predicted molar refractivity (Wildman–Crippen MR) is 40.7 cm³/mol. The Bertz CT molecular complexity index is 219. The first kappa shape index (κ1) is 8.13. The van der Waals surface area contributed by atoms with Crippen molar-refractivity contribution in [2.75, 3.05) is 0 Å². The van der Waals surface area contributed by atoms with Crippen molar-refractivity contribution in [3.63, 3.8) is 0 Å². The van der Waals surface area contributed by atoms with Crippen molar-refractivity contribution in [2.24, 2.45) is 5.73 Å². The van der Waals surface area contributed by atoms with Crippen LogP contribution in [0.4, 0.5) is 0 Å². The van der Waals surface area contributed by atoms with Gasteiger partial charge >= 0.3 is 0 Å². The van der Waals surface area contributed by atoms with E-state index in [9.17, 15) is 0 Å². The molecule has 0 aliphatic heterocycles. The van der Waals surface area contributed by atoms with Gasteiger partial charge in [-0.15, -0.1) is 5.10 Å². The second kappa shape index (κ2) is 3.43. The second-order valence-electron chi connectivity index (χ2n) is 2.50. The molecule has 0 saturated carbocycles. The number of aromatic nitrogens is 4. The third kappa shape index (κ3) is 1.54. The lowest BCUT2D eigenvalue weighted by atomic mass is 10.3. The summed E-state index contributed by atoms with van der Waals surface area (Å²) in [6.07, 6.45) is 1.01. The van der Waals surface area contributed by atoms with Gasteiger partial charge in [0.25, 0.3) is 0 Å². The minimum atomic E-state index is 0.337. The average Bonchev–Trinajstić information content (AvgIpc) is 2.50. The number of rotatable bonds is 3. The standard InChI is InChI=1S/C6H13N5/c1-3-5(2)11-6(4-7)8-9-10-11/h5H,3-4,7H2,1-2H3. The Morgan fingerprint density at radius 3 is 2.91 bits per heavy atom. The maximum atomic E-state index is 5.42. The Hall–Kier alpha value is -0.970. The SMILES string of the molecule is CCC(C)n1nnnc1CN. The molecule has 0 aromatic carbocycles. The van der Waals surface area contributed by atoms with E-state index in [0.29, 0.717) is 12.6 Å². The molecule has 5 heteroatoms. The van der Waals surface area contributed by atoms with E-state index in [1.807, 2.05) is 0 Å². The van der Waals surface area contributed by atoms with Gasteiger partial charge in [-0.2, -0.15) is 0 Å². The van der Waals surface area contributed by atoms with Crippen LogP contribution in [0, 0.1) is 0 Å². The molecular formula is C6H13N5. The highest BCUT2D eigenvalue weighted by atomic mass is 15.5. The summed E-state index contributed by atoms with van der Waals surface area (Å²) in [4.78, 5) is 0. The topological polar surface area (TPSA) is 69.6 Å². The molecule has 5 nitrogen and oxygen atoms in total. The van der Waals surface area contributed by atoms with E-state index in [1.165, 1.54) is 0 Å². The Labute approximate surface area is 65.6 Å². The largest absolute Gasteiger partial charge is 0.324 e. The third-order valence-electron chi connectivity index (χ3n) is 1.75. The number of nitrogens with zero attached hydrogens (tertiary/aromatic N) is 4. The quantitative estimate of drug-likeness (QED) is 0.672. The first-order valence-corrected chi connectivity index (χ1v) is 3.76. The van der Waals surface area contributed by atoms with Gasteiger partial charge in [-0.05, 0) is 23.8 Å². The summed E-state index contributed by atoms with van der Waals surface area (Å²) in [7, 11) is 0. The van der Waals surface area contributed by atoms with Gasteiger partial charge < -0.3 is 5.73 Å².